The number of hydrogen-bond donors (Lipinski definition) is 2. The second kappa shape index (κ2) is 5.97. The van der Waals surface area contributed by atoms with Crippen molar-refractivity contribution >= 4 is 30.0 Å². The summed E-state index contributed by atoms with van der Waals surface area (Å²) in [6.45, 7) is 0. The smallest absolute Gasteiger partial charge is 0.319 e. The summed E-state index contributed by atoms with van der Waals surface area (Å²) in [6, 6.07) is 6.11. The number of halogens is 1. The molecule has 0 bridgehead atoms. The molecule has 0 aliphatic carbocycles. The van der Waals surface area contributed by atoms with Crippen LogP contribution in [0.25, 0.3) is 0 Å². The monoisotopic (exact) mass is 243 g/mol. The van der Waals surface area contributed by atoms with E-state index in [1.165, 1.54) is 0 Å². The highest BCUT2D eigenvalue weighted by atomic mass is 35.5. The Balaban J connectivity index is 0.00000225. The third-order valence-electron chi connectivity index (χ3n) is 1.87. The van der Waals surface area contributed by atoms with Crippen LogP contribution in [0.3, 0.4) is 0 Å². The van der Waals surface area contributed by atoms with Crippen LogP contribution in [0.4, 0.5) is 10.5 Å². The van der Waals surface area contributed by atoms with Crippen LogP contribution in [0.15, 0.2) is 24.3 Å². The van der Waals surface area contributed by atoms with Gasteiger partial charge in [-0.25, -0.2) is 4.79 Å². The molecule has 1 aromatic carbocycles. The number of primary amides is 1. The molecule has 3 N–H and O–H groups in total. The highest BCUT2D eigenvalue weighted by Gasteiger charge is 2.12. The van der Waals surface area contributed by atoms with E-state index < -0.39 is 11.9 Å². The van der Waals surface area contributed by atoms with Crippen molar-refractivity contribution in [2.45, 2.75) is 0 Å². The molecule has 5 nitrogen and oxygen atoms in total. The average Bonchev–Trinajstić information content (AvgIpc) is 2.16. The van der Waals surface area contributed by atoms with Gasteiger partial charge >= 0.3 is 6.03 Å². The molecule has 0 aromatic heterocycles. The zero-order valence-electron chi connectivity index (χ0n) is 9.06. The number of carbonyl (C=O) groups is 2. The molecule has 0 spiro atoms. The average molecular weight is 244 g/mol. The van der Waals surface area contributed by atoms with E-state index >= 15 is 0 Å². The molecule has 3 amide bonds. The van der Waals surface area contributed by atoms with Crippen molar-refractivity contribution in [1.29, 1.82) is 0 Å². The number of carbonyl (C=O) groups excluding carboxylic acids is 2. The van der Waals surface area contributed by atoms with Crippen molar-refractivity contribution in [2.75, 3.05) is 19.0 Å². The van der Waals surface area contributed by atoms with Crippen molar-refractivity contribution < 1.29 is 9.59 Å². The van der Waals surface area contributed by atoms with Crippen LogP contribution >= 0.6 is 12.4 Å². The number of amides is 3. The minimum atomic E-state index is -0.853. The summed E-state index contributed by atoms with van der Waals surface area (Å²) < 4.78 is 0. The minimum Gasteiger partial charge on any atom is -0.377 e. The van der Waals surface area contributed by atoms with E-state index in [1.54, 1.807) is 23.1 Å². The van der Waals surface area contributed by atoms with E-state index in [4.69, 9.17) is 5.73 Å². The first-order valence-corrected chi connectivity index (χ1v) is 4.39. The number of anilines is 1. The molecule has 1 aromatic rings. The molecule has 0 radical (unpaired) electrons. The van der Waals surface area contributed by atoms with Gasteiger partial charge in [-0.05, 0) is 12.1 Å². The van der Waals surface area contributed by atoms with E-state index in [1.807, 2.05) is 25.5 Å². The Morgan fingerprint density at radius 1 is 1.25 bits per heavy atom. The molecule has 0 fully saturated rings. The Labute approximate surface area is 100 Å². The summed E-state index contributed by atoms with van der Waals surface area (Å²) in [5, 5.41) is 2.03. The van der Waals surface area contributed by atoms with Gasteiger partial charge in [-0.1, -0.05) is 12.1 Å². The lowest BCUT2D eigenvalue weighted by Gasteiger charge is -2.16. The highest BCUT2D eigenvalue weighted by Crippen LogP contribution is 2.17. The summed E-state index contributed by atoms with van der Waals surface area (Å²) in [7, 11) is 3.63. The summed E-state index contributed by atoms with van der Waals surface area (Å²) >= 11 is 0. The standard InChI is InChI=1S/C10H13N3O2.ClH/c1-13(2)8-6-4-3-5-7(8)9(14)12-10(11)15;/h3-6H,1-2H3,(H3,11,12,14,15);1H. The molecule has 0 aliphatic rings. The number of benzene rings is 1. The third kappa shape index (κ3) is 3.43. The van der Waals surface area contributed by atoms with E-state index in [0.29, 0.717) is 5.56 Å². The Hall–Kier alpha value is -1.75. The Bertz CT molecular complexity index is 393. The fraction of sp³-hybridized carbons (Fsp3) is 0.200. The number of nitrogens with zero attached hydrogens (tertiary/aromatic N) is 1. The van der Waals surface area contributed by atoms with E-state index in [0.717, 1.165) is 5.69 Å². The molecule has 0 saturated carbocycles. The molecule has 1 rings (SSSR count). The van der Waals surface area contributed by atoms with Crippen LogP contribution < -0.4 is 16.0 Å². The van der Waals surface area contributed by atoms with Crippen molar-refractivity contribution in [3.05, 3.63) is 29.8 Å². The van der Waals surface area contributed by atoms with Crippen molar-refractivity contribution in [3.8, 4) is 0 Å². The second-order valence-electron chi connectivity index (χ2n) is 3.23. The van der Waals surface area contributed by atoms with Crippen LogP contribution in [0, 0.1) is 0 Å². The molecule has 0 heterocycles. The zero-order valence-corrected chi connectivity index (χ0v) is 9.88. The maximum Gasteiger partial charge on any atom is 0.319 e. The van der Waals surface area contributed by atoms with Crippen molar-refractivity contribution in [3.63, 3.8) is 0 Å². The van der Waals surface area contributed by atoms with Gasteiger partial charge in [0.05, 0.1) is 5.56 Å². The van der Waals surface area contributed by atoms with Gasteiger partial charge in [0, 0.05) is 19.8 Å². The van der Waals surface area contributed by atoms with Crippen molar-refractivity contribution in [1.82, 2.24) is 5.32 Å². The van der Waals surface area contributed by atoms with Crippen LogP contribution in [-0.2, 0) is 0 Å². The summed E-state index contributed by atoms with van der Waals surface area (Å²) in [4.78, 5) is 23.9. The molecular weight excluding hydrogens is 230 g/mol. The maximum absolute atomic E-state index is 11.5. The van der Waals surface area contributed by atoms with Gasteiger partial charge in [-0.3, -0.25) is 10.1 Å². The number of nitrogens with one attached hydrogen (secondary N) is 1. The van der Waals surface area contributed by atoms with Crippen LogP contribution in [-0.4, -0.2) is 26.0 Å². The first kappa shape index (κ1) is 14.2. The normalized spacial score (nSPS) is 8.88. The number of hydrogen-bond acceptors (Lipinski definition) is 3. The van der Waals surface area contributed by atoms with Gasteiger partial charge in [0.1, 0.15) is 0 Å². The van der Waals surface area contributed by atoms with Crippen molar-refractivity contribution in [2.24, 2.45) is 5.73 Å². The predicted molar refractivity (Wildman–Crippen MR) is 65.1 cm³/mol. The van der Waals surface area contributed by atoms with E-state index in [9.17, 15) is 9.59 Å². The van der Waals surface area contributed by atoms with Crippen LogP contribution in [0.1, 0.15) is 10.4 Å². The Morgan fingerprint density at radius 3 is 2.31 bits per heavy atom. The van der Waals surface area contributed by atoms with Gasteiger partial charge in [0.2, 0.25) is 0 Å². The summed E-state index contributed by atoms with van der Waals surface area (Å²) in [5.41, 5.74) is 6.02. The molecule has 88 valence electrons. The number of imide groups is 1. The first-order chi connectivity index (χ1) is 7.02. The number of nitrogens with two attached hydrogens (primary N) is 1. The Kier molecular flexibility index (Phi) is 5.32. The molecule has 0 unspecified atom stereocenters. The summed E-state index contributed by atoms with van der Waals surface area (Å²) in [6.07, 6.45) is 0. The zero-order chi connectivity index (χ0) is 11.4. The molecule has 0 atom stereocenters. The lowest BCUT2D eigenvalue weighted by molar-refractivity contribution is 0.0967. The molecule has 0 aliphatic heterocycles. The molecule has 0 saturated heterocycles. The van der Waals surface area contributed by atoms with Gasteiger partial charge in [-0.2, -0.15) is 0 Å². The van der Waals surface area contributed by atoms with Gasteiger partial charge in [-0.15, -0.1) is 12.4 Å². The van der Waals surface area contributed by atoms with Gasteiger partial charge < -0.3 is 10.6 Å². The van der Waals surface area contributed by atoms with Gasteiger partial charge in [0.15, 0.2) is 0 Å². The molecule has 6 heteroatoms. The third-order valence-corrected chi connectivity index (χ3v) is 1.87. The van der Waals surface area contributed by atoms with Crippen LogP contribution in [0.2, 0.25) is 0 Å². The SMILES string of the molecule is CN(C)c1ccccc1C(=O)NC(N)=O.Cl. The summed E-state index contributed by atoms with van der Waals surface area (Å²) in [5.74, 6) is -0.494. The fourth-order valence-corrected chi connectivity index (χ4v) is 1.23. The lowest BCUT2D eigenvalue weighted by atomic mass is 10.1. The topological polar surface area (TPSA) is 75.4 Å². The van der Waals surface area contributed by atoms with Crippen LogP contribution in [0.5, 0.6) is 0 Å². The lowest BCUT2D eigenvalue weighted by Crippen LogP contribution is -2.35. The number of urea groups is 1. The van der Waals surface area contributed by atoms with E-state index in [-0.39, 0.29) is 12.4 Å². The first-order valence-electron chi connectivity index (χ1n) is 4.39. The highest BCUT2D eigenvalue weighted by molar-refractivity contribution is 6.07. The molecule has 16 heavy (non-hydrogen) atoms. The second-order valence-corrected chi connectivity index (χ2v) is 3.23. The number of rotatable bonds is 2. The number of para-hydroxylation sites is 1. The Morgan fingerprint density at radius 2 is 1.81 bits per heavy atom. The van der Waals surface area contributed by atoms with E-state index in [2.05, 4.69) is 0 Å². The largest absolute Gasteiger partial charge is 0.377 e. The fourth-order valence-electron chi connectivity index (χ4n) is 1.23. The minimum absolute atomic E-state index is 0. The quantitative estimate of drug-likeness (QED) is 0.813. The maximum atomic E-state index is 11.5. The van der Waals surface area contributed by atoms with Gasteiger partial charge in [0.25, 0.3) is 5.91 Å². The molecular formula is C10H14ClN3O2. The predicted octanol–water partition coefficient (Wildman–Crippen LogP) is 0.983.